The topological polar surface area (TPSA) is 54.1 Å². The SMILES string of the molecule is CCC/C=C(\C1CC=C(c2cccc(C#N)c2)CC1)N1C(=N)CN(C)Cc2cc(Cl)ccc21. The molecule has 33 heavy (non-hydrogen) atoms. The van der Waals surface area contributed by atoms with E-state index in [1.54, 1.807) is 0 Å². The van der Waals surface area contributed by atoms with Gasteiger partial charge in [0.1, 0.15) is 5.84 Å². The van der Waals surface area contributed by atoms with Gasteiger partial charge in [0.2, 0.25) is 0 Å². The van der Waals surface area contributed by atoms with Crippen molar-refractivity contribution in [2.24, 2.45) is 5.92 Å². The Labute approximate surface area is 202 Å². The van der Waals surface area contributed by atoms with Gasteiger partial charge in [-0.3, -0.25) is 10.3 Å². The lowest BCUT2D eigenvalue weighted by Crippen LogP contribution is -2.37. The Morgan fingerprint density at radius 1 is 1.24 bits per heavy atom. The van der Waals surface area contributed by atoms with Crippen LogP contribution >= 0.6 is 11.6 Å². The second-order valence-electron chi connectivity index (χ2n) is 9.04. The van der Waals surface area contributed by atoms with Crippen molar-refractivity contribution in [2.75, 3.05) is 18.5 Å². The van der Waals surface area contributed by atoms with Crippen molar-refractivity contribution in [3.63, 3.8) is 0 Å². The van der Waals surface area contributed by atoms with Crippen molar-refractivity contribution in [1.29, 1.82) is 10.7 Å². The molecule has 4 rings (SSSR count). The second kappa shape index (κ2) is 10.4. The third-order valence-corrected chi connectivity index (χ3v) is 6.74. The molecule has 2 aromatic rings. The van der Waals surface area contributed by atoms with E-state index >= 15 is 0 Å². The summed E-state index contributed by atoms with van der Waals surface area (Å²) in [5.74, 6) is 0.962. The number of fused-ring (bicyclic) bond motifs is 1. The number of likely N-dealkylation sites (N-methyl/N-ethyl adjacent to an activating group) is 1. The molecule has 0 fully saturated rings. The number of amidine groups is 1. The molecule has 1 N–H and O–H groups in total. The third-order valence-electron chi connectivity index (χ3n) is 6.50. The van der Waals surface area contributed by atoms with Gasteiger partial charge in [-0.2, -0.15) is 5.26 Å². The Morgan fingerprint density at radius 2 is 2.09 bits per heavy atom. The largest absolute Gasteiger partial charge is 0.301 e. The van der Waals surface area contributed by atoms with E-state index in [1.807, 2.05) is 30.3 Å². The van der Waals surface area contributed by atoms with E-state index in [-0.39, 0.29) is 0 Å². The molecule has 0 saturated carbocycles. The zero-order valence-corrected chi connectivity index (χ0v) is 20.2. The highest BCUT2D eigenvalue weighted by atomic mass is 35.5. The number of hydrogen-bond donors (Lipinski definition) is 1. The van der Waals surface area contributed by atoms with Crippen molar-refractivity contribution < 1.29 is 0 Å². The molecule has 170 valence electrons. The standard InChI is InChI=1S/C28H31ClN4/c1-3-4-8-26(22-11-9-21(10-12-22)23-7-5-6-20(15-23)17-30)33-27-14-13-25(29)16-24(27)18-32(2)19-28(33)31/h5-9,13-16,22,31H,3-4,10-12,18-19H2,1-2H3/b26-8+,31-28?. The first-order valence-corrected chi connectivity index (χ1v) is 12.1. The van der Waals surface area contributed by atoms with Crippen LogP contribution < -0.4 is 4.90 Å². The van der Waals surface area contributed by atoms with Crippen LogP contribution in [-0.4, -0.2) is 24.3 Å². The number of unbranched alkanes of at least 4 members (excludes halogenated alkanes) is 1. The molecule has 1 heterocycles. The smallest absolute Gasteiger partial charge is 0.119 e. The van der Waals surface area contributed by atoms with Crippen molar-refractivity contribution in [1.82, 2.24) is 4.90 Å². The minimum absolute atomic E-state index is 0.353. The lowest BCUT2D eigenvalue weighted by atomic mass is 9.83. The van der Waals surface area contributed by atoms with Crippen LogP contribution in [0.4, 0.5) is 5.69 Å². The van der Waals surface area contributed by atoms with Gasteiger partial charge >= 0.3 is 0 Å². The number of hydrogen-bond acceptors (Lipinski definition) is 3. The van der Waals surface area contributed by atoms with Gasteiger partial charge in [0.15, 0.2) is 0 Å². The van der Waals surface area contributed by atoms with Crippen LogP contribution in [0.5, 0.6) is 0 Å². The number of halogens is 1. The molecule has 0 aromatic heterocycles. The predicted molar refractivity (Wildman–Crippen MR) is 137 cm³/mol. The van der Waals surface area contributed by atoms with Gasteiger partial charge in [0.05, 0.1) is 23.9 Å². The molecular weight excluding hydrogens is 428 g/mol. The first-order chi connectivity index (χ1) is 16.0. The zero-order chi connectivity index (χ0) is 23.4. The van der Waals surface area contributed by atoms with Crippen LogP contribution in [0.2, 0.25) is 5.02 Å². The monoisotopic (exact) mass is 458 g/mol. The van der Waals surface area contributed by atoms with Crippen molar-refractivity contribution in [2.45, 2.75) is 45.6 Å². The molecule has 0 saturated heterocycles. The summed E-state index contributed by atoms with van der Waals surface area (Å²) in [7, 11) is 2.06. The van der Waals surface area contributed by atoms with E-state index in [2.05, 4.69) is 54.1 Å². The van der Waals surface area contributed by atoms with Crippen molar-refractivity contribution in [3.05, 3.63) is 82.0 Å². The quantitative estimate of drug-likeness (QED) is 0.524. The molecule has 1 atom stereocenters. The fourth-order valence-electron chi connectivity index (χ4n) is 4.90. The van der Waals surface area contributed by atoms with Crippen LogP contribution in [0.15, 0.2) is 60.3 Å². The Morgan fingerprint density at radius 3 is 2.82 bits per heavy atom. The van der Waals surface area contributed by atoms with Gasteiger partial charge in [-0.15, -0.1) is 0 Å². The molecule has 0 spiro atoms. The molecule has 1 aliphatic heterocycles. The number of nitriles is 1. The summed E-state index contributed by atoms with van der Waals surface area (Å²) in [4.78, 5) is 4.36. The number of benzene rings is 2. The Balaban J connectivity index is 1.68. The van der Waals surface area contributed by atoms with Crippen molar-refractivity contribution >= 4 is 28.7 Å². The van der Waals surface area contributed by atoms with E-state index < -0.39 is 0 Å². The van der Waals surface area contributed by atoms with Gasteiger partial charge in [-0.05, 0) is 79.8 Å². The number of nitrogens with zero attached hydrogens (tertiary/aromatic N) is 3. The summed E-state index contributed by atoms with van der Waals surface area (Å²) >= 11 is 6.34. The summed E-state index contributed by atoms with van der Waals surface area (Å²) in [6, 6.07) is 16.2. The Kier molecular flexibility index (Phi) is 7.33. The highest BCUT2D eigenvalue weighted by molar-refractivity contribution is 6.30. The summed E-state index contributed by atoms with van der Waals surface area (Å²) in [5.41, 5.74) is 6.65. The number of rotatable bonds is 5. The minimum Gasteiger partial charge on any atom is -0.301 e. The Bertz CT molecular complexity index is 1140. The van der Waals surface area contributed by atoms with Gasteiger partial charge in [-0.1, -0.05) is 49.2 Å². The molecular formula is C28H31ClN4. The summed E-state index contributed by atoms with van der Waals surface area (Å²) in [6.07, 6.45) is 9.68. The van der Waals surface area contributed by atoms with Crippen LogP contribution in [0.25, 0.3) is 5.57 Å². The molecule has 1 unspecified atom stereocenters. The van der Waals surface area contributed by atoms with Crippen LogP contribution in [0.3, 0.4) is 0 Å². The zero-order valence-electron chi connectivity index (χ0n) is 19.4. The summed E-state index contributed by atoms with van der Waals surface area (Å²) in [6.45, 7) is 3.58. The maximum absolute atomic E-state index is 9.25. The first kappa shape index (κ1) is 23.3. The van der Waals surface area contributed by atoms with Crippen LogP contribution in [0, 0.1) is 22.7 Å². The van der Waals surface area contributed by atoms with Gasteiger partial charge in [-0.25, -0.2) is 0 Å². The normalized spacial score (nSPS) is 19.5. The average molecular weight is 459 g/mol. The molecule has 5 heteroatoms. The highest BCUT2D eigenvalue weighted by Crippen LogP contribution is 2.39. The van der Waals surface area contributed by atoms with Crippen molar-refractivity contribution in [3.8, 4) is 6.07 Å². The highest BCUT2D eigenvalue weighted by Gasteiger charge is 2.30. The molecule has 0 radical (unpaired) electrons. The average Bonchev–Trinajstić information content (AvgIpc) is 2.94. The molecule has 1 aliphatic carbocycles. The van der Waals surface area contributed by atoms with Gasteiger partial charge in [0.25, 0.3) is 0 Å². The van der Waals surface area contributed by atoms with E-state index in [1.165, 1.54) is 11.3 Å². The van der Waals surface area contributed by atoms with E-state index in [9.17, 15) is 5.26 Å². The fraction of sp³-hybridized carbons (Fsp3) is 0.357. The maximum atomic E-state index is 9.25. The lowest BCUT2D eigenvalue weighted by Gasteiger charge is -2.34. The molecule has 2 aliphatic rings. The van der Waals surface area contributed by atoms with E-state index in [4.69, 9.17) is 17.0 Å². The fourth-order valence-corrected chi connectivity index (χ4v) is 5.09. The van der Waals surface area contributed by atoms with Crippen LogP contribution in [-0.2, 0) is 6.54 Å². The number of allylic oxidation sites excluding steroid dienone is 4. The Hall–Kier alpha value is -2.87. The van der Waals surface area contributed by atoms with Gasteiger partial charge in [0, 0.05) is 23.2 Å². The number of nitrogens with one attached hydrogen (secondary N) is 1. The molecule has 4 nitrogen and oxygen atoms in total. The second-order valence-corrected chi connectivity index (χ2v) is 9.47. The molecule has 2 aromatic carbocycles. The predicted octanol–water partition coefficient (Wildman–Crippen LogP) is 7.01. The van der Waals surface area contributed by atoms with Crippen LogP contribution in [0.1, 0.15) is 55.7 Å². The molecule has 0 bridgehead atoms. The van der Waals surface area contributed by atoms with E-state index in [0.717, 1.165) is 60.5 Å². The lowest BCUT2D eigenvalue weighted by molar-refractivity contribution is 0.376. The third kappa shape index (κ3) is 5.21. The number of anilines is 1. The summed E-state index contributed by atoms with van der Waals surface area (Å²) in [5, 5.41) is 19.0. The molecule has 0 amide bonds. The summed E-state index contributed by atoms with van der Waals surface area (Å²) < 4.78 is 0. The minimum atomic E-state index is 0.353. The van der Waals surface area contributed by atoms with Gasteiger partial charge < -0.3 is 4.90 Å². The first-order valence-electron chi connectivity index (χ1n) is 11.7. The maximum Gasteiger partial charge on any atom is 0.119 e. The van der Waals surface area contributed by atoms with E-state index in [0.29, 0.717) is 23.9 Å².